The highest BCUT2D eigenvalue weighted by molar-refractivity contribution is 7.16. The summed E-state index contributed by atoms with van der Waals surface area (Å²) in [4.78, 5) is 36.3. The third kappa shape index (κ3) is 6.87. The zero-order valence-corrected chi connectivity index (χ0v) is 20.6. The molecule has 0 aliphatic heterocycles. The van der Waals surface area contributed by atoms with Crippen molar-refractivity contribution >= 4 is 33.3 Å². The molecule has 3 aromatic carbocycles. The standard InChI is InChI=1S/C27H22F3NO6S/c28-27(29,30)16-37-22(25(33)34)14-17-6-9-20(10-7-17)36-13-12-31-21-11-8-19(15-23(21)38-26(31)35)24(32)18-4-2-1-3-5-18/h1-11,15,22H,12-14,16H2,(H,33,34). The van der Waals surface area contributed by atoms with Gasteiger partial charge in [0.2, 0.25) is 0 Å². The molecule has 1 unspecified atom stereocenters. The van der Waals surface area contributed by atoms with Gasteiger partial charge in [-0.2, -0.15) is 13.2 Å². The number of carboxylic acid groups (broad SMARTS) is 1. The van der Waals surface area contributed by atoms with Crippen LogP contribution < -0.4 is 9.61 Å². The Morgan fingerprint density at radius 1 is 0.974 bits per heavy atom. The van der Waals surface area contributed by atoms with Gasteiger partial charge in [0.05, 0.1) is 16.8 Å². The van der Waals surface area contributed by atoms with Crippen molar-refractivity contribution in [3.8, 4) is 5.75 Å². The van der Waals surface area contributed by atoms with Gasteiger partial charge in [-0.05, 0) is 35.9 Å². The first-order valence-corrected chi connectivity index (χ1v) is 12.3. The van der Waals surface area contributed by atoms with Crippen LogP contribution in [-0.2, 0) is 22.5 Å². The highest BCUT2D eigenvalue weighted by atomic mass is 32.1. The zero-order valence-electron chi connectivity index (χ0n) is 19.8. The molecule has 0 saturated heterocycles. The van der Waals surface area contributed by atoms with E-state index >= 15 is 0 Å². The van der Waals surface area contributed by atoms with Crippen LogP contribution in [0.3, 0.4) is 0 Å². The van der Waals surface area contributed by atoms with Crippen LogP contribution >= 0.6 is 11.3 Å². The van der Waals surface area contributed by atoms with E-state index in [1.165, 1.54) is 0 Å². The summed E-state index contributed by atoms with van der Waals surface area (Å²) in [6.45, 7) is -1.24. The molecular formula is C27H22F3NO6S. The number of hydrogen-bond acceptors (Lipinski definition) is 6. The van der Waals surface area contributed by atoms with Gasteiger partial charge < -0.3 is 14.6 Å². The molecule has 38 heavy (non-hydrogen) atoms. The number of hydrogen-bond donors (Lipinski definition) is 1. The predicted molar refractivity (Wildman–Crippen MR) is 135 cm³/mol. The summed E-state index contributed by atoms with van der Waals surface area (Å²) in [7, 11) is 0. The van der Waals surface area contributed by atoms with E-state index in [-0.39, 0.29) is 30.2 Å². The fraction of sp³-hybridized carbons (Fsp3) is 0.222. The fourth-order valence-electron chi connectivity index (χ4n) is 3.78. The van der Waals surface area contributed by atoms with E-state index in [0.29, 0.717) is 32.7 Å². The third-order valence-corrected chi connectivity index (χ3v) is 6.56. The maximum atomic E-state index is 12.7. The van der Waals surface area contributed by atoms with Gasteiger partial charge in [-0.15, -0.1) is 0 Å². The summed E-state index contributed by atoms with van der Waals surface area (Å²) in [6, 6.07) is 20.2. The highest BCUT2D eigenvalue weighted by Crippen LogP contribution is 2.22. The number of benzene rings is 3. The second-order valence-corrected chi connectivity index (χ2v) is 9.34. The summed E-state index contributed by atoms with van der Waals surface area (Å²) in [6.07, 6.45) is -6.50. The smallest absolute Gasteiger partial charge is 0.411 e. The average molecular weight is 546 g/mol. The minimum absolute atomic E-state index is 0.131. The molecular weight excluding hydrogens is 523 g/mol. The highest BCUT2D eigenvalue weighted by Gasteiger charge is 2.31. The first-order valence-electron chi connectivity index (χ1n) is 11.5. The number of halogens is 3. The van der Waals surface area contributed by atoms with Crippen LogP contribution in [0.2, 0.25) is 0 Å². The fourth-order valence-corrected chi connectivity index (χ4v) is 4.74. The molecule has 11 heteroatoms. The first kappa shape index (κ1) is 27.1. The van der Waals surface area contributed by atoms with Gasteiger partial charge in [0.15, 0.2) is 11.9 Å². The molecule has 7 nitrogen and oxygen atoms in total. The minimum atomic E-state index is -4.62. The molecule has 198 valence electrons. The number of carbonyl (C=O) groups excluding carboxylic acids is 1. The van der Waals surface area contributed by atoms with Crippen molar-refractivity contribution in [2.45, 2.75) is 25.2 Å². The van der Waals surface area contributed by atoms with Crippen molar-refractivity contribution in [1.29, 1.82) is 0 Å². The van der Waals surface area contributed by atoms with E-state index in [0.717, 1.165) is 11.3 Å². The molecule has 1 atom stereocenters. The number of thiazole rings is 1. The van der Waals surface area contributed by atoms with E-state index in [9.17, 15) is 27.6 Å². The van der Waals surface area contributed by atoms with Crippen LogP contribution in [0.25, 0.3) is 10.2 Å². The molecule has 1 aromatic heterocycles. The molecule has 0 radical (unpaired) electrons. The van der Waals surface area contributed by atoms with Gasteiger partial charge in [0, 0.05) is 17.5 Å². The molecule has 0 aliphatic rings. The topological polar surface area (TPSA) is 94.8 Å². The number of carboxylic acids is 1. The molecule has 4 rings (SSSR count). The van der Waals surface area contributed by atoms with E-state index in [4.69, 9.17) is 9.84 Å². The number of aliphatic carboxylic acids is 1. The number of ketones is 1. The number of aromatic nitrogens is 1. The van der Waals surface area contributed by atoms with Crippen LogP contribution in [0, 0.1) is 0 Å². The molecule has 0 saturated carbocycles. The van der Waals surface area contributed by atoms with Crippen LogP contribution in [0.1, 0.15) is 21.5 Å². The van der Waals surface area contributed by atoms with Gasteiger partial charge in [-0.1, -0.05) is 53.8 Å². The number of rotatable bonds is 11. The normalized spacial score (nSPS) is 12.4. The number of carbonyl (C=O) groups is 2. The Labute approximate surface area is 218 Å². The second-order valence-electron chi connectivity index (χ2n) is 8.35. The Balaban J connectivity index is 1.36. The van der Waals surface area contributed by atoms with Crippen molar-refractivity contribution in [1.82, 2.24) is 4.57 Å². The van der Waals surface area contributed by atoms with E-state index in [1.807, 2.05) is 6.07 Å². The molecule has 0 spiro atoms. The predicted octanol–water partition coefficient (Wildman–Crippen LogP) is 4.95. The van der Waals surface area contributed by atoms with E-state index in [2.05, 4.69) is 4.74 Å². The first-order chi connectivity index (χ1) is 18.1. The Hall–Kier alpha value is -3.96. The van der Waals surface area contributed by atoms with Crippen molar-refractivity contribution < 1.29 is 37.3 Å². The number of ether oxygens (including phenoxy) is 2. The summed E-state index contributed by atoms with van der Waals surface area (Å²) in [5, 5.41) is 9.12. The van der Waals surface area contributed by atoms with Crippen LogP contribution in [0.4, 0.5) is 13.2 Å². The average Bonchev–Trinajstić information content (AvgIpc) is 3.20. The molecule has 1 N–H and O–H groups in total. The summed E-state index contributed by atoms with van der Waals surface area (Å²) < 4.78 is 49.5. The maximum absolute atomic E-state index is 12.7. The SMILES string of the molecule is O=C(c1ccccc1)c1ccc2c(c1)sc(=O)n2CCOc1ccc(CC(OCC(F)(F)F)C(=O)O)cc1. The van der Waals surface area contributed by atoms with Gasteiger partial charge in [0.1, 0.15) is 19.0 Å². The monoisotopic (exact) mass is 545 g/mol. The van der Waals surface area contributed by atoms with Crippen molar-refractivity contribution in [3.05, 3.63) is 99.2 Å². The summed E-state index contributed by atoms with van der Waals surface area (Å²) in [5.41, 5.74) is 2.20. The zero-order chi connectivity index (χ0) is 27.3. The lowest BCUT2D eigenvalue weighted by molar-refractivity contribution is -0.192. The van der Waals surface area contributed by atoms with Crippen LogP contribution in [-0.4, -0.2) is 46.9 Å². The van der Waals surface area contributed by atoms with E-state index in [1.54, 1.807) is 71.3 Å². The number of alkyl halides is 3. The van der Waals surface area contributed by atoms with Crippen molar-refractivity contribution in [2.24, 2.45) is 0 Å². The van der Waals surface area contributed by atoms with Crippen LogP contribution in [0.5, 0.6) is 5.75 Å². The number of nitrogens with zero attached hydrogens (tertiary/aromatic N) is 1. The van der Waals surface area contributed by atoms with Gasteiger partial charge >= 0.3 is 17.0 Å². The van der Waals surface area contributed by atoms with E-state index < -0.39 is 24.9 Å². The maximum Gasteiger partial charge on any atom is 0.411 e. The Kier molecular flexibility index (Phi) is 8.28. The van der Waals surface area contributed by atoms with Gasteiger partial charge in [-0.25, -0.2) is 4.79 Å². The third-order valence-electron chi connectivity index (χ3n) is 5.62. The van der Waals surface area contributed by atoms with Crippen molar-refractivity contribution in [3.63, 3.8) is 0 Å². The molecule has 0 bridgehead atoms. The quantitative estimate of drug-likeness (QED) is 0.268. The lowest BCUT2D eigenvalue weighted by atomic mass is 10.0. The van der Waals surface area contributed by atoms with Gasteiger partial charge in [0.25, 0.3) is 0 Å². The Morgan fingerprint density at radius 3 is 2.34 bits per heavy atom. The molecule has 1 heterocycles. The second kappa shape index (κ2) is 11.6. The largest absolute Gasteiger partial charge is 0.492 e. The number of fused-ring (bicyclic) bond motifs is 1. The summed E-state index contributed by atoms with van der Waals surface area (Å²) >= 11 is 1.04. The summed E-state index contributed by atoms with van der Waals surface area (Å²) in [5.74, 6) is -1.17. The molecule has 0 amide bonds. The lowest BCUT2D eigenvalue weighted by Gasteiger charge is -2.15. The van der Waals surface area contributed by atoms with Gasteiger partial charge in [-0.3, -0.25) is 14.2 Å². The molecule has 0 fully saturated rings. The van der Waals surface area contributed by atoms with Crippen LogP contribution in [0.15, 0.2) is 77.6 Å². The molecule has 4 aromatic rings. The lowest BCUT2D eigenvalue weighted by Crippen LogP contribution is -2.31. The van der Waals surface area contributed by atoms with Crippen molar-refractivity contribution in [2.75, 3.05) is 13.2 Å². The minimum Gasteiger partial charge on any atom is -0.492 e. The Morgan fingerprint density at radius 2 is 1.68 bits per heavy atom. The Bertz CT molecular complexity index is 1480. The molecule has 0 aliphatic carbocycles.